The topological polar surface area (TPSA) is 41.1 Å². The van der Waals surface area contributed by atoms with Gasteiger partial charge in [-0.05, 0) is 38.1 Å². The van der Waals surface area contributed by atoms with Gasteiger partial charge in [-0.25, -0.2) is 0 Å². The SMILES string of the molecule is O=C(NCC1CCC1)[C@H]1CCCCN1. The van der Waals surface area contributed by atoms with Gasteiger partial charge in [0.25, 0.3) is 0 Å². The van der Waals surface area contributed by atoms with Crippen LogP contribution in [0.2, 0.25) is 0 Å². The van der Waals surface area contributed by atoms with Gasteiger partial charge >= 0.3 is 0 Å². The maximum atomic E-state index is 11.7. The molecule has 80 valence electrons. The van der Waals surface area contributed by atoms with Gasteiger partial charge in [-0.1, -0.05) is 12.8 Å². The van der Waals surface area contributed by atoms with Gasteiger partial charge in [0.15, 0.2) is 0 Å². The molecule has 1 saturated carbocycles. The average Bonchev–Trinajstić information content (AvgIpc) is 2.16. The Balaban J connectivity index is 1.65. The average molecular weight is 196 g/mol. The van der Waals surface area contributed by atoms with E-state index < -0.39 is 0 Å². The number of nitrogens with one attached hydrogen (secondary N) is 2. The van der Waals surface area contributed by atoms with Crippen LogP contribution in [-0.2, 0) is 4.79 Å². The zero-order valence-corrected chi connectivity index (χ0v) is 8.72. The third-order valence-electron chi connectivity index (χ3n) is 3.42. The van der Waals surface area contributed by atoms with Crippen LogP contribution in [0.15, 0.2) is 0 Å². The predicted octanol–water partition coefficient (Wildman–Crippen LogP) is 1.04. The second-order valence-electron chi connectivity index (χ2n) is 4.54. The van der Waals surface area contributed by atoms with E-state index in [1.165, 1.54) is 32.1 Å². The highest BCUT2D eigenvalue weighted by Gasteiger charge is 2.22. The molecule has 1 aliphatic heterocycles. The van der Waals surface area contributed by atoms with E-state index >= 15 is 0 Å². The molecule has 14 heavy (non-hydrogen) atoms. The molecule has 0 spiro atoms. The zero-order chi connectivity index (χ0) is 9.80. The molecule has 1 atom stereocenters. The molecule has 2 fully saturated rings. The van der Waals surface area contributed by atoms with Crippen LogP contribution in [0.4, 0.5) is 0 Å². The quantitative estimate of drug-likeness (QED) is 0.708. The van der Waals surface area contributed by atoms with Crippen LogP contribution in [0.1, 0.15) is 38.5 Å². The van der Waals surface area contributed by atoms with Gasteiger partial charge in [-0.15, -0.1) is 0 Å². The van der Waals surface area contributed by atoms with E-state index in [0.717, 1.165) is 25.4 Å². The van der Waals surface area contributed by atoms with Crippen LogP contribution < -0.4 is 10.6 Å². The van der Waals surface area contributed by atoms with Gasteiger partial charge < -0.3 is 10.6 Å². The predicted molar refractivity (Wildman–Crippen MR) is 56.0 cm³/mol. The molecule has 2 rings (SSSR count). The molecule has 1 heterocycles. The van der Waals surface area contributed by atoms with Gasteiger partial charge in [-0.2, -0.15) is 0 Å². The Morgan fingerprint density at radius 2 is 2.07 bits per heavy atom. The van der Waals surface area contributed by atoms with Gasteiger partial charge in [0.2, 0.25) is 5.91 Å². The summed E-state index contributed by atoms with van der Waals surface area (Å²) in [5.41, 5.74) is 0. The first-order chi connectivity index (χ1) is 6.86. The van der Waals surface area contributed by atoms with E-state index in [1.807, 2.05) is 0 Å². The molecule has 1 aliphatic carbocycles. The number of rotatable bonds is 3. The van der Waals surface area contributed by atoms with Crippen molar-refractivity contribution in [3.05, 3.63) is 0 Å². The van der Waals surface area contributed by atoms with Crippen LogP contribution in [0, 0.1) is 5.92 Å². The summed E-state index contributed by atoms with van der Waals surface area (Å²) < 4.78 is 0. The van der Waals surface area contributed by atoms with Gasteiger partial charge in [-0.3, -0.25) is 4.79 Å². The van der Waals surface area contributed by atoms with E-state index in [-0.39, 0.29) is 11.9 Å². The third kappa shape index (κ3) is 2.47. The molecular weight excluding hydrogens is 176 g/mol. The molecule has 2 aliphatic rings. The van der Waals surface area contributed by atoms with Crippen molar-refractivity contribution in [2.75, 3.05) is 13.1 Å². The molecule has 0 unspecified atom stereocenters. The van der Waals surface area contributed by atoms with E-state index in [9.17, 15) is 4.79 Å². The number of hydrogen-bond donors (Lipinski definition) is 2. The summed E-state index contributed by atoms with van der Waals surface area (Å²) in [6, 6.07) is 0.0869. The lowest BCUT2D eigenvalue weighted by molar-refractivity contribution is -0.124. The monoisotopic (exact) mass is 196 g/mol. The van der Waals surface area contributed by atoms with Gasteiger partial charge in [0, 0.05) is 6.54 Å². The molecule has 0 aromatic carbocycles. The summed E-state index contributed by atoms with van der Waals surface area (Å²) in [4.78, 5) is 11.7. The lowest BCUT2D eigenvalue weighted by atomic mass is 9.85. The van der Waals surface area contributed by atoms with E-state index in [4.69, 9.17) is 0 Å². The summed E-state index contributed by atoms with van der Waals surface area (Å²) in [6.45, 7) is 1.90. The molecule has 0 aromatic rings. The van der Waals surface area contributed by atoms with E-state index in [2.05, 4.69) is 10.6 Å². The molecule has 2 N–H and O–H groups in total. The summed E-state index contributed by atoms with van der Waals surface area (Å²) in [5.74, 6) is 0.985. The van der Waals surface area contributed by atoms with Crippen molar-refractivity contribution in [2.45, 2.75) is 44.6 Å². The Kier molecular flexibility index (Phi) is 3.40. The minimum atomic E-state index is 0.0869. The van der Waals surface area contributed by atoms with Crippen molar-refractivity contribution in [3.8, 4) is 0 Å². The second-order valence-corrected chi connectivity index (χ2v) is 4.54. The summed E-state index contributed by atoms with van der Waals surface area (Å²) >= 11 is 0. The van der Waals surface area contributed by atoms with E-state index in [1.54, 1.807) is 0 Å². The highest BCUT2D eigenvalue weighted by molar-refractivity contribution is 5.81. The summed E-state index contributed by atoms with van der Waals surface area (Å²) in [7, 11) is 0. The first kappa shape index (κ1) is 9.97. The molecule has 0 radical (unpaired) electrons. The van der Waals surface area contributed by atoms with Crippen LogP contribution in [0.5, 0.6) is 0 Å². The number of amides is 1. The van der Waals surface area contributed by atoms with Crippen molar-refractivity contribution in [2.24, 2.45) is 5.92 Å². The Hall–Kier alpha value is -0.570. The maximum absolute atomic E-state index is 11.7. The number of carbonyl (C=O) groups is 1. The van der Waals surface area contributed by atoms with Crippen LogP contribution >= 0.6 is 0 Å². The van der Waals surface area contributed by atoms with Crippen LogP contribution in [0.25, 0.3) is 0 Å². The fraction of sp³-hybridized carbons (Fsp3) is 0.909. The minimum absolute atomic E-state index is 0.0869. The first-order valence-corrected chi connectivity index (χ1v) is 5.87. The molecule has 3 nitrogen and oxygen atoms in total. The van der Waals surface area contributed by atoms with Crippen LogP contribution in [0.3, 0.4) is 0 Å². The van der Waals surface area contributed by atoms with Crippen molar-refractivity contribution < 1.29 is 4.79 Å². The molecule has 0 aromatic heterocycles. The molecule has 3 heteroatoms. The number of hydrogen-bond acceptors (Lipinski definition) is 2. The lowest BCUT2D eigenvalue weighted by Gasteiger charge is -2.27. The summed E-state index contributed by atoms with van der Waals surface area (Å²) in [5, 5.41) is 6.32. The van der Waals surface area contributed by atoms with E-state index in [0.29, 0.717) is 0 Å². The van der Waals surface area contributed by atoms with Gasteiger partial charge in [0.1, 0.15) is 0 Å². The fourth-order valence-corrected chi connectivity index (χ4v) is 2.14. The molecular formula is C11H20N2O. The highest BCUT2D eigenvalue weighted by Crippen LogP contribution is 2.25. The summed E-state index contributed by atoms with van der Waals surface area (Å²) in [6.07, 6.45) is 7.37. The molecule has 1 saturated heterocycles. The largest absolute Gasteiger partial charge is 0.354 e. The number of piperidine rings is 1. The maximum Gasteiger partial charge on any atom is 0.237 e. The first-order valence-electron chi connectivity index (χ1n) is 5.87. The number of carbonyl (C=O) groups excluding carboxylic acids is 1. The normalized spacial score (nSPS) is 28.1. The van der Waals surface area contributed by atoms with Crippen molar-refractivity contribution in [1.82, 2.24) is 10.6 Å². The smallest absolute Gasteiger partial charge is 0.237 e. The van der Waals surface area contributed by atoms with Crippen molar-refractivity contribution in [3.63, 3.8) is 0 Å². The van der Waals surface area contributed by atoms with Crippen molar-refractivity contribution in [1.29, 1.82) is 0 Å². The lowest BCUT2D eigenvalue weighted by Crippen LogP contribution is -2.48. The molecule has 1 amide bonds. The van der Waals surface area contributed by atoms with Gasteiger partial charge in [0.05, 0.1) is 6.04 Å². The molecule has 0 bridgehead atoms. The third-order valence-corrected chi connectivity index (χ3v) is 3.42. The standard InChI is InChI=1S/C11H20N2O/c14-11(10-6-1-2-7-12-10)13-8-9-4-3-5-9/h9-10,12H,1-8H2,(H,13,14)/t10-/m1/s1. The Bertz CT molecular complexity index is 195. The zero-order valence-electron chi connectivity index (χ0n) is 8.72. The van der Waals surface area contributed by atoms with Crippen LogP contribution in [-0.4, -0.2) is 25.0 Å². The Morgan fingerprint density at radius 3 is 2.64 bits per heavy atom. The highest BCUT2D eigenvalue weighted by atomic mass is 16.2. The Labute approximate surface area is 85.6 Å². The van der Waals surface area contributed by atoms with Crippen molar-refractivity contribution >= 4 is 5.91 Å². The Morgan fingerprint density at radius 1 is 1.21 bits per heavy atom. The fourth-order valence-electron chi connectivity index (χ4n) is 2.14. The second kappa shape index (κ2) is 4.78. The minimum Gasteiger partial charge on any atom is -0.354 e.